The van der Waals surface area contributed by atoms with Crippen LogP contribution in [0.1, 0.15) is 41.3 Å². The summed E-state index contributed by atoms with van der Waals surface area (Å²) in [4.78, 5) is 13.0. The van der Waals surface area contributed by atoms with Crippen LogP contribution in [-0.4, -0.2) is 12.9 Å². The minimum atomic E-state index is 0.0326. The molecule has 2 aromatic carbocycles. The van der Waals surface area contributed by atoms with E-state index in [4.69, 9.17) is 4.74 Å². The van der Waals surface area contributed by atoms with Crippen molar-refractivity contribution in [1.82, 2.24) is 0 Å². The van der Waals surface area contributed by atoms with E-state index in [0.29, 0.717) is 16.9 Å². The second kappa shape index (κ2) is 6.25. The Morgan fingerprint density at radius 3 is 2.39 bits per heavy atom. The van der Waals surface area contributed by atoms with E-state index in [-0.39, 0.29) is 11.7 Å². The Kier molecular flexibility index (Phi) is 4.16. The Labute approximate surface area is 137 Å². The van der Waals surface area contributed by atoms with E-state index in [1.54, 1.807) is 7.11 Å². The molecule has 0 saturated carbocycles. The monoisotopic (exact) mass is 304 g/mol. The van der Waals surface area contributed by atoms with Crippen LogP contribution >= 0.6 is 0 Å². The fourth-order valence-corrected chi connectivity index (χ4v) is 3.10. The smallest absolute Gasteiger partial charge is 0.193 e. The van der Waals surface area contributed by atoms with Crippen molar-refractivity contribution < 1.29 is 9.53 Å². The summed E-state index contributed by atoms with van der Waals surface area (Å²) >= 11 is 0. The van der Waals surface area contributed by atoms with Gasteiger partial charge in [0, 0.05) is 17.0 Å². The minimum absolute atomic E-state index is 0.0326. The SMILES string of the molecule is COc1ccc(C2C=C(C)C=C2C)c(C(=O)c2ccccc2)c1. The molecule has 0 N–H and O–H groups in total. The molecule has 2 nitrogen and oxygen atoms in total. The molecule has 3 rings (SSSR count). The highest BCUT2D eigenvalue weighted by atomic mass is 16.5. The molecule has 1 unspecified atom stereocenters. The summed E-state index contributed by atoms with van der Waals surface area (Å²) in [5, 5.41) is 0. The van der Waals surface area contributed by atoms with Crippen LogP contribution < -0.4 is 4.74 Å². The van der Waals surface area contributed by atoms with Crippen molar-refractivity contribution in [3.05, 3.63) is 88.5 Å². The first-order chi connectivity index (χ1) is 11.1. The minimum Gasteiger partial charge on any atom is -0.497 e. The summed E-state index contributed by atoms with van der Waals surface area (Å²) < 4.78 is 5.32. The number of benzene rings is 2. The molecule has 2 heteroatoms. The summed E-state index contributed by atoms with van der Waals surface area (Å²) in [5.74, 6) is 0.891. The van der Waals surface area contributed by atoms with Crippen molar-refractivity contribution in [2.75, 3.05) is 7.11 Å². The van der Waals surface area contributed by atoms with Gasteiger partial charge >= 0.3 is 0 Å². The third kappa shape index (κ3) is 2.98. The number of methoxy groups -OCH3 is 1. The van der Waals surface area contributed by atoms with Crippen LogP contribution in [0.2, 0.25) is 0 Å². The highest BCUT2D eigenvalue weighted by molar-refractivity contribution is 6.10. The lowest BCUT2D eigenvalue weighted by Crippen LogP contribution is -2.08. The van der Waals surface area contributed by atoms with E-state index in [0.717, 1.165) is 5.56 Å². The predicted molar refractivity (Wildman–Crippen MR) is 93.1 cm³/mol. The standard InChI is InChI=1S/C21H20O2/c1-14-11-15(2)19(12-14)18-10-9-17(23-3)13-20(18)21(22)16-7-5-4-6-8-16/h4-13,19H,1-3H3. The summed E-state index contributed by atoms with van der Waals surface area (Å²) in [6.45, 7) is 4.20. The number of hydrogen-bond acceptors (Lipinski definition) is 2. The molecule has 0 spiro atoms. The van der Waals surface area contributed by atoms with Gasteiger partial charge in [-0.25, -0.2) is 0 Å². The third-order valence-corrected chi connectivity index (χ3v) is 4.25. The Hall–Kier alpha value is -2.61. The molecule has 0 fully saturated rings. The van der Waals surface area contributed by atoms with Crippen LogP contribution in [0, 0.1) is 0 Å². The summed E-state index contributed by atoms with van der Waals surface area (Å²) in [7, 11) is 1.62. The molecule has 0 amide bonds. The van der Waals surface area contributed by atoms with Crippen LogP contribution in [0.5, 0.6) is 5.75 Å². The first-order valence-corrected chi connectivity index (χ1v) is 7.74. The number of carbonyl (C=O) groups excluding carboxylic acids is 1. The van der Waals surface area contributed by atoms with Gasteiger partial charge < -0.3 is 4.74 Å². The van der Waals surface area contributed by atoms with Crippen LogP contribution in [0.25, 0.3) is 0 Å². The zero-order valence-electron chi connectivity index (χ0n) is 13.7. The summed E-state index contributed by atoms with van der Waals surface area (Å²) in [6, 6.07) is 15.2. The number of hydrogen-bond donors (Lipinski definition) is 0. The van der Waals surface area contributed by atoms with Gasteiger partial charge in [0.05, 0.1) is 7.11 Å². The van der Waals surface area contributed by atoms with E-state index >= 15 is 0 Å². The van der Waals surface area contributed by atoms with Gasteiger partial charge in [-0.2, -0.15) is 0 Å². The Bertz CT molecular complexity index is 798. The number of ether oxygens (including phenoxy) is 1. The predicted octanol–water partition coefficient (Wildman–Crippen LogP) is 4.92. The maximum absolute atomic E-state index is 13.0. The molecule has 2 aromatic rings. The van der Waals surface area contributed by atoms with Crippen molar-refractivity contribution in [2.45, 2.75) is 19.8 Å². The fourth-order valence-electron chi connectivity index (χ4n) is 3.10. The molecular weight excluding hydrogens is 284 g/mol. The zero-order valence-corrected chi connectivity index (χ0v) is 13.7. The van der Waals surface area contributed by atoms with Gasteiger partial charge in [-0.15, -0.1) is 0 Å². The zero-order chi connectivity index (χ0) is 16.4. The van der Waals surface area contributed by atoms with Gasteiger partial charge in [0.25, 0.3) is 0 Å². The number of ketones is 1. The number of carbonyl (C=O) groups is 1. The van der Waals surface area contributed by atoms with Gasteiger partial charge in [0.15, 0.2) is 5.78 Å². The van der Waals surface area contributed by atoms with Crippen LogP contribution in [0.4, 0.5) is 0 Å². The van der Waals surface area contributed by atoms with Crippen LogP contribution in [0.15, 0.2) is 71.8 Å². The lowest BCUT2D eigenvalue weighted by molar-refractivity contribution is 0.103. The Balaban J connectivity index is 2.11. The van der Waals surface area contributed by atoms with Gasteiger partial charge in [-0.3, -0.25) is 4.79 Å². The van der Waals surface area contributed by atoms with Crippen molar-refractivity contribution in [3.63, 3.8) is 0 Å². The number of rotatable bonds is 4. The fraction of sp³-hybridized carbons (Fsp3) is 0.190. The van der Waals surface area contributed by atoms with Crippen molar-refractivity contribution in [3.8, 4) is 5.75 Å². The molecular formula is C21H20O2. The topological polar surface area (TPSA) is 26.3 Å². The molecule has 0 radical (unpaired) electrons. The molecule has 1 aliphatic carbocycles. The maximum atomic E-state index is 13.0. The molecule has 1 aliphatic rings. The largest absolute Gasteiger partial charge is 0.497 e. The lowest BCUT2D eigenvalue weighted by Gasteiger charge is -2.16. The van der Waals surface area contributed by atoms with Crippen molar-refractivity contribution in [1.29, 1.82) is 0 Å². The summed E-state index contributed by atoms with van der Waals surface area (Å²) in [6.07, 6.45) is 4.38. The van der Waals surface area contributed by atoms with Crippen LogP contribution in [-0.2, 0) is 0 Å². The first-order valence-electron chi connectivity index (χ1n) is 7.74. The molecule has 23 heavy (non-hydrogen) atoms. The highest BCUT2D eigenvalue weighted by Gasteiger charge is 2.23. The second-order valence-electron chi connectivity index (χ2n) is 5.93. The molecule has 0 aliphatic heterocycles. The second-order valence-corrected chi connectivity index (χ2v) is 5.93. The molecule has 0 heterocycles. The van der Waals surface area contributed by atoms with E-state index in [2.05, 4.69) is 26.0 Å². The van der Waals surface area contributed by atoms with Gasteiger partial charge in [-0.1, -0.05) is 59.7 Å². The molecule has 0 aromatic heterocycles. The van der Waals surface area contributed by atoms with Crippen molar-refractivity contribution >= 4 is 5.78 Å². The highest BCUT2D eigenvalue weighted by Crippen LogP contribution is 2.36. The molecule has 0 saturated heterocycles. The molecule has 0 bridgehead atoms. The number of allylic oxidation sites excluding steroid dienone is 4. The Morgan fingerprint density at radius 2 is 1.78 bits per heavy atom. The van der Waals surface area contributed by atoms with Crippen LogP contribution in [0.3, 0.4) is 0 Å². The quantitative estimate of drug-likeness (QED) is 0.750. The Morgan fingerprint density at radius 1 is 1.04 bits per heavy atom. The maximum Gasteiger partial charge on any atom is 0.193 e. The molecule has 116 valence electrons. The van der Waals surface area contributed by atoms with E-state index in [1.165, 1.54) is 11.1 Å². The van der Waals surface area contributed by atoms with Gasteiger partial charge in [0.1, 0.15) is 5.75 Å². The van der Waals surface area contributed by atoms with E-state index < -0.39 is 0 Å². The van der Waals surface area contributed by atoms with E-state index in [9.17, 15) is 4.79 Å². The van der Waals surface area contributed by atoms with E-state index in [1.807, 2.05) is 48.5 Å². The normalized spacial score (nSPS) is 16.7. The molecule has 1 atom stereocenters. The van der Waals surface area contributed by atoms with Gasteiger partial charge in [-0.05, 0) is 31.5 Å². The summed E-state index contributed by atoms with van der Waals surface area (Å²) in [5.41, 5.74) is 4.93. The van der Waals surface area contributed by atoms with Gasteiger partial charge in [0.2, 0.25) is 0 Å². The average Bonchev–Trinajstić information content (AvgIpc) is 2.92. The first kappa shape index (κ1) is 15.3. The average molecular weight is 304 g/mol. The lowest BCUT2D eigenvalue weighted by atomic mass is 9.87. The third-order valence-electron chi connectivity index (χ3n) is 4.25. The van der Waals surface area contributed by atoms with Crippen molar-refractivity contribution in [2.24, 2.45) is 0 Å².